The van der Waals surface area contributed by atoms with E-state index < -0.39 is 61.8 Å². The Morgan fingerprint density at radius 1 is 0.854 bits per heavy atom. The number of hydrogen-bond donors (Lipinski definition) is 1. The number of carbonyl (C=O) groups excluding carboxylic acids is 3. The van der Waals surface area contributed by atoms with Crippen molar-refractivity contribution in [3.63, 3.8) is 0 Å². The first kappa shape index (κ1) is 35.8. The standard InChI is InChI=1S/C27H42N2O11S/c1-25(2,3)38-22(30)18(11-10-16-37-41(35,36)20-14-12-19(13-15-20)29(33)34)17-21(23(31)39-26(4,5)6)28-24(32)40-27(7,8)9/h12-15,18,21H,10-11,16-17H2,1-9H3,(H,28,32)/t18-,21+/m0/s1. The third-order valence-corrected chi connectivity index (χ3v) is 6.24. The van der Waals surface area contributed by atoms with Gasteiger partial charge < -0.3 is 19.5 Å². The van der Waals surface area contributed by atoms with Crippen LogP contribution in [0, 0.1) is 16.0 Å². The SMILES string of the molecule is CC(C)(C)OC(=O)N[C@H](C[C@H](CCCOS(=O)(=O)c1ccc([N+](=O)[O-])cc1)C(=O)OC(C)(C)C)C(=O)OC(C)(C)C. The second-order valence-corrected chi connectivity index (χ2v) is 14.0. The van der Waals surface area contributed by atoms with Gasteiger partial charge in [-0.05, 0) is 93.7 Å². The molecule has 1 aromatic rings. The van der Waals surface area contributed by atoms with Crippen LogP contribution in [0.1, 0.15) is 81.6 Å². The molecule has 1 N–H and O–H groups in total. The second-order valence-electron chi connectivity index (χ2n) is 12.4. The van der Waals surface area contributed by atoms with E-state index in [1.165, 1.54) is 0 Å². The number of nitro benzene ring substituents is 1. The molecule has 0 aliphatic heterocycles. The second kappa shape index (κ2) is 14.1. The summed E-state index contributed by atoms with van der Waals surface area (Å²) in [5.74, 6) is -2.39. The van der Waals surface area contributed by atoms with Crippen LogP contribution in [0.2, 0.25) is 0 Å². The molecule has 2 atom stereocenters. The highest BCUT2D eigenvalue weighted by molar-refractivity contribution is 7.86. The minimum Gasteiger partial charge on any atom is -0.460 e. The molecule has 0 heterocycles. The number of carbonyl (C=O) groups is 3. The van der Waals surface area contributed by atoms with Crippen LogP contribution in [0.15, 0.2) is 29.2 Å². The van der Waals surface area contributed by atoms with Crippen molar-refractivity contribution in [1.82, 2.24) is 5.32 Å². The molecular weight excluding hydrogens is 560 g/mol. The number of amides is 1. The minimum atomic E-state index is -4.23. The molecule has 1 amide bonds. The van der Waals surface area contributed by atoms with Gasteiger partial charge in [0.1, 0.15) is 22.8 Å². The van der Waals surface area contributed by atoms with Crippen LogP contribution in [0.3, 0.4) is 0 Å². The first-order valence-electron chi connectivity index (χ1n) is 13.1. The van der Waals surface area contributed by atoms with E-state index in [0.29, 0.717) is 0 Å². The van der Waals surface area contributed by atoms with Gasteiger partial charge in [0.2, 0.25) is 0 Å². The normalized spacial score (nSPS) is 14.0. The molecule has 0 unspecified atom stereocenters. The van der Waals surface area contributed by atoms with Gasteiger partial charge in [0, 0.05) is 12.1 Å². The predicted molar refractivity (Wildman–Crippen MR) is 148 cm³/mol. The molecule has 1 aromatic carbocycles. The Bertz CT molecular complexity index is 1180. The lowest BCUT2D eigenvalue weighted by Gasteiger charge is -2.29. The van der Waals surface area contributed by atoms with E-state index >= 15 is 0 Å². The summed E-state index contributed by atoms with van der Waals surface area (Å²) < 4.78 is 46.3. The third kappa shape index (κ3) is 14.3. The first-order chi connectivity index (χ1) is 18.5. The van der Waals surface area contributed by atoms with Gasteiger partial charge in [-0.1, -0.05) is 0 Å². The maximum Gasteiger partial charge on any atom is 0.408 e. The van der Waals surface area contributed by atoms with Gasteiger partial charge in [-0.2, -0.15) is 8.42 Å². The average Bonchev–Trinajstić information content (AvgIpc) is 2.76. The quantitative estimate of drug-likeness (QED) is 0.0878. The van der Waals surface area contributed by atoms with Crippen LogP contribution in [0.4, 0.5) is 10.5 Å². The van der Waals surface area contributed by atoms with Gasteiger partial charge in [-0.15, -0.1) is 0 Å². The van der Waals surface area contributed by atoms with Crippen molar-refractivity contribution in [2.45, 2.75) is 109 Å². The number of ether oxygens (including phenoxy) is 3. The Hall–Kier alpha value is -3.26. The van der Waals surface area contributed by atoms with Crippen molar-refractivity contribution in [2.24, 2.45) is 5.92 Å². The zero-order valence-corrected chi connectivity index (χ0v) is 26.0. The number of alkyl carbamates (subject to hydrolysis) is 1. The summed E-state index contributed by atoms with van der Waals surface area (Å²) in [6.07, 6.45) is -0.990. The molecule has 0 spiro atoms. The van der Waals surface area contributed by atoms with E-state index in [4.69, 9.17) is 18.4 Å². The summed E-state index contributed by atoms with van der Waals surface area (Å²) in [5, 5.41) is 13.3. The first-order valence-corrected chi connectivity index (χ1v) is 14.5. The summed E-state index contributed by atoms with van der Waals surface area (Å²) in [6.45, 7) is 14.6. The molecular formula is C27H42N2O11S. The van der Waals surface area contributed by atoms with E-state index in [0.717, 1.165) is 24.3 Å². The predicted octanol–water partition coefficient (Wildman–Crippen LogP) is 4.66. The molecule has 0 fully saturated rings. The minimum absolute atomic E-state index is 0.0417. The van der Waals surface area contributed by atoms with E-state index in [-0.39, 0.29) is 36.5 Å². The van der Waals surface area contributed by atoms with Crippen LogP contribution < -0.4 is 5.32 Å². The number of rotatable bonds is 12. The molecule has 1 rings (SSSR count). The molecule has 0 aromatic heterocycles. The summed E-state index contributed by atoms with van der Waals surface area (Å²) in [7, 11) is -4.23. The lowest BCUT2D eigenvalue weighted by Crippen LogP contribution is -2.47. The zero-order chi connectivity index (χ0) is 31.8. The highest BCUT2D eigenvalue weighted by Gasteiger charge is 2.35. The number of nitrogens with zero attached hydrogens (tertiary/aromatic N) is 1. The maximum atomic E-state index is 13.1. The fourth-order valence-electron chi connectivity index (χ4n) is 3.34. The van der Waals surface area contributed by atoms with Crippen LogP contribution in [0.5, 0.6) is 0 Å². The lowest BCUT2D eigenvalue weighted by atomic mass is 9.94. The third-order valence-electron chi connectivity index (χ3n) is 4.91. The fourth-order valence-corrected chi connectivity index (χ4v) is 4.28. The smallest absolute Gasteiger partial charge is 0.408 e. The summed E-state index contributed by atoms with van der Waals surface area (Å²) in [6, 6.07) is 2.94. The Labute approximate surface area is 241 Å². The molecule has 0 bridgehead atoms. The topological polar surface area (TPSA) is 177 Å². The largest absolute Gasteiger partial charge is 0.460 e. The van der Waals surface area contributed by atoms with Gasteiger partial charge in [-0.3, -0.25) is 19.1 Å². The molecule has 0 saturated carbocycles. The number of nitro groups is 1. The molecule has 0 aliphatic carbocycles. The highest BCUT2D eigenvalue weighted by Crippen LogP contribution is 2.23. The summed E-state index contributed by atoms with van der Waals surface area (Å²) in [5.41, 5.74) is -2.86. The number of benzene rings is 1. The molecule has 13 nitrogen and oxygen atoms in total. The fraction of sp³-hybridized carbons (Fsp3) is 0.667. The average molecular weight is 603 g/mol. The van der Waals surface area contributed by atoms with E-state index in [9.17, 15) is 32.9 Å². The van der Waals surface area contributed by atoms with Crippen molar-refractivity contribution in [1.29, 1.82) is 0 Å². The van der Waals surface area contributed by atoms with Gasteiger partial charge in [-0.25, -0.2) is 9.59 Å². The lowest BCUT2D eigenvalue weighted by molar-refractivity contribution is -0.384. The van der Waals surface area contributed by atoms with Crippen LogP contribution in [0.25, 0.3) is 0 Å². The summed E-state index contributed by atoms with van der Waals surface area (Å²) in [4.78, 5) is 48.5. The van der Waals surface area contributed by atoms with E-state index in [2.05, 4.69) is 5.32 Å². The van der Waals surface area contributed by atoms with Crippen molar-refractivity contribution >= 4 is 33.8 Å². The van der Waals surface area contributed by atoms with Crippen molar-refractivity contribution in [3.8, 4) is 0 Å². The van der Waals surface area contributed by atoms with Crippen LogP contribution in [-0.4, -0.2) is 60.8 Å². The summed E-state index contributed by atoms with van der Waals surface area (Å²) >= 11 is 0. The van der Waals surface area contributed by atoms with Crippen molar-refractivity contribution in [3.05, 3.63) is 34.4 Å². The molecule has 41 heavy (non-hydrogen) atoms. The molecule has 232 valence electrons. The Morgan fingerprint density at radius 3 is 1.80 bits per heavy atom. The van der Waals surface area contributed by atoms with Crippen molar-refractivity contribution < 1.29 is 46.1 Å². The Kier molecular flexibility index (Phi) is 12.3. The van der Waals surface area contributed by atoms with Gasteiger partial charge >= 0.3 is 18.0 Å². The monoisotopic (exact) mass is 602 g/mol. The molecule has 14 heteroatoms. The van der Waals surface area contributed by atoms with Crippen molar-refractivity contribution in [2.75, 3.05) is 6.61 Å². The molecule has 0 aliphatic rings. The van der Waals surface area contributed by atoms with E-state index in [1.807, 2.05) is 0 Å². The highest BCUT2D eigenvalue weighted by atomic mass is 32.2. The van der Waals surface area contributed by atoms with Crippen LogP contribution >= 0.6 is 0 Å². The van der Waals surface area contributed by atoms with E-state index in [1.54, 1.807) is 62.3 Å². The molecule has 0 radical (unpaired) electrons. The Balaban J connectivity index is 3.08. The number of esters is 2. The van der Waals surface area contributed by atoms with Gasteiger partial charge in [0.25, 0.3) is 15.8 Å². The molecule has 0 saturated heterocycles. The number of hydrogen-bond acceptors (Lipinski definition) is 11. The number of nitrogens with one attached hydrogen (secondary N) is 1. The maximum absolute atomic E-state index is 13.1. The Morgan fingerprint density at radius 2 is 1.34 bits per heavy atom. The number of non-ortho nitro benzene ring substituents is 1. The van der Waals surface area contributed by atoms with Gasteiger partial charge in [0.15, 0.2) is 0 Å². The van der Waals surface area contributed by atoms with Gasteiger partial charge in [0.05, 0.1) is 22.3 Å². The van der Waals surface area contributed by atoms with Crippen LogP contribution in [-0.2, 0) is 38.1 Å². The zero-order valence-electron chi connectivity index (χ0n) is 25.1.